The fourth-order valence-electron chi connectivity index (χ4n) is 4.69. The van der Waals surface area contributed by atoms with Crippen molar-refractivity contribution in [1.82, 2.24) is 9.66 Å². The first-order valence-corrected chi connectivity index (χ1v) is 15.0. The van der Waals surface area contributed by atoms with Gasteiger partial charge < -0.3 is 13.9 Å². The summed E-state index contributed by atoms with van der Waals surface area (Å²) in [5.74, 6) is 1.45. The van der Waals surface area contributed by atoms with E-state index in [1.54, 1.807) is 48.5 Å². The molecule has 2 heterocycles. The van der Waals surface area contributed by atoms with Crippen molar-refractivity contribution in [3.05, 3.63) is 120 Å². The lowest BCUT2D eigenvalue weighted by Crippen LogP contribution is -2.20. The van der Waals surface area contributed by atoms with E-state index in [1.807, 2.05) is 44.2 Å². The molecule has 6 aromatic rings. The summed E-state index contributed by atoms with van der Waals surface area (Å²) in [7, 11) is 0. The second-order valence-electron chi connectivity index (χ2n) is 9.74. The second-order valence-corrected chi connectivity index (χ2v) is 11.3. The predicted octanol–water partition coefficient (Wildman–Crippen LogP) is 9.05. The zero-order valence-corrected chi connectivity index (χ0v) is 26.2. The maximum absolute atomic E-state index is 13.7. The molecule has 2 aromatic heterocycles. The van der Waals surface area contributed by atoms with Gasteiger partial charge in [-0.3, -0.25) is 4.79 Å². The highest BCUT2D eigenvalue weighted by Crippen LogP contribution is 2.43. The fraction of sp³-hybridized carbons (Fsp3) is 0.121. The number of para-hydroxylation sites is 1. The number of halogens is 3. The molecule has 0 amide bonds. The summed E-state index contributed by atoms with van der Waals surface area (Å²) >= 11 is 16.6. The molecule has 0 saturated carbocycles. The molecule has 0 radical (unpaired) electrons. The van der Waals surface area contributed by atoms with Crippen LogP contribution in [0.3, 0.4) is 0 Å². The number of aromatic nitrogens is 2. The topological polar surface area (TPSA) is 78.9 Å². The summed E-state index contributed by atoms with van der Waals surface area (Å²) < 4.78 is 19.8. The number of furan rings is 1. The van der Waals surface area contributed by atoms with Crippen LogP contribution in [-0.2, 0) is 6.61 Å². The zero-order chi connectivity index (χ0) is 30.1. The number of rotatable bonds is 8. The van der Waals surface area contributed by atoms with Gasteiger partial charge >= 0.3 is 0 Å². The lowest BCUT2D eigenvalue weighted by Gasteiger charge is -2.16. The number of ether oxygens (including phenoxy) is 2. The van der Waals surface area contributed by atoms with Gasteiger partial charge in [0, 0.05) is 20.4 Å². The van der Waals surface area contributed by atoms with Gasteiger partial charge in [-0.25, -0.2) is 4.98 Å². The average molecular weight is 677 g/mol. The summed E-state index contributed by atoms with van der Waals surface area (Å²) in [5, 5.41) is 6.65. The molecule has 6 rings (SSSR count). The first-order chi connectivity index (χ1) is 20.8. The summed E-state index contributed by atoms with van der Waals surface area (Å²) in [6, 6.07) is 24.0. The molecule has 4 aromatic carbocycles. The maximum Gasteiger partial charge on any atom is 0.282 e. The van der Waals surface area contributed by atoms with E-state index in [1.165, 1.54) is 10.9 Å². The number of fused-ring (bicyclic) bond motifs is 2. The summed E-state index contributed by atoms with van der Waals surface area (Å²) in [6.45, 7) is 4.61. The highest BCUT2D eigenvalue weighted by Gasteiger charge is 2.20. The molecule has 0 aliphatic rings. The largest absolute Gasteiger partial charge is 0.490 e. The number of hydrogen-bond acceptors (Lipinski definition) is 6. The number of aryl methyl sites for hydroxylation is 1. The van der Waals surface area contributed by atoms with E-state index in [0.29, 0.717) is 67.0 Å². The Morgan fingerprint density at radius 1 is 1.02 bits per heavy atom. The van der Waals surface area contributed by atoms with Crippen LogP contribution in [0.2, 0.25) is 10.0 Å². The van der Waals surface area contributed by atoms with E-state index < -0.39 is 0 Å². The third kappa shape index (κ3) is 5.91. The SMILES string of the molecule is CCOc1cc(C=Nn2c(-c3cc4cc(Cl)ccc4o3)nc3ccccc3c2=O)c(Br)c(Cl)c1OCc1cccc(C)c1. The van der Waals surface area contributed by atoms with E-state index in [0.717, 1.165) is 16.5 Å². The lowest BCUT2D eigenvalue weighted by atomic mass is 10.1. The number of benzene rings is 4. The van der Waals surface area contributed by atoms with Crippen LogP contribution in [-0.4, -0.2) is 22.5 Å². The smallest absolute Gasteiger partial charge is 0.282 e. The van der Waals surface area contributed by atoms with Crippen LogP contribution in [0.4, 0.5) is 0 Å². The van der Waals surface area contributed by atoms with Crippen LogP contribution < -0.4 is 15.0 Å². The third-order valence-electron chi connectivity index (χ3n) is 6.69. The van der Waals surface area contributed by atoms with Gasteiger partial charge in [-0.15, -0.1) is 0 Å². The third-order valence-corrected chi connectivity index (χ3v) is 8.36. The van der Waals surface area contributed by atoms with Gasteiger partial charge in [-0.05, 0) is 77.8 Å². The van der Waals surface area contributed by atoms with Gasteiger partial charge in [0.1, 0.15) is 17.2 Å². The van der Waals surface area contributed by atoms with E-state index in [4.69, 9.17) is 42.1 Å². The van der Waals surface area contributed by atoms with Gasteiger partial charge in [-0.2, -0.15) is 9.78 Å². The molecule has 0 saturated heterocycles. The normalized spacial score (nSPS) is 11.6. The minimum atomic E-state index is -0.360. The molecule has 0 aliphatic heterocycles. The molecular weight excluding hydrogens is 653 g/mol. The van der Waals surface area contributed by atoms with Crippen molar-refractivity contribution in [1.29, 1.82) is 0 Å². The van der Waals surface area contributed by atoms with Crippen LogP contribution in [0.25, 0.3) is 33.5 Å². The van der Waals surface area contributed by atoms with Crippen LogP contribution in [0.5, 0.6) is 11.5 Å². The molecule has 0 bridgehead atoms. The molecule has 216 valence electrons. The predicted molar refractivity (Wildman–Crippen MR) is 175 cm³/mol. The molecule has 0 unspecified atom stereocenters. The Balaban J connectivity index is 1.44. The molecule has 0 fully saturated rings. The van der Waals surface area contributed by atoms with Crippen molar-refractivity contribution < 1.29 is 13.9 Å². The van der Waals surface area contributed by atoms with Crippen molar-refractivity contribution in [3.8, 4) is 23.1 Å². The van der Waals surface area contributed by atoms with Crippen LogP contribution in [0, 0.1) is 6.92 Å². The highest BCUT2D eigenvalue weighted by molar-refractivity contribution is 9.10. The minimum absolute atomic E-state index is 0.234. The average Bonchev–Trinajstić information content (AvgIpc) is 3.42. The number of hydrogen-bond donors (Lipinski definition) is 0. The standard InChI is InChI=1S/C33H24BrCl2N3O4/c1-3-41-27-16-22(29(34)30(36)31(27)42-18-20-8-6-7-19(2)13-20)17-37-39-32(38-25-10-5-4-9-24(25)33(39)40)28-15-21-14-23(35)11-12-26(21)43-28/h4-17H,3,18H2,1-2H3. The van der Waals surface area contributed by atoms with Crippen molar-refractivity contribution in [2.45, 2.75) is 20.5 Å². The summed E-state index contributed by atoms with van der Waals surface area (Å²) in [6.07, 6.45) is 1.52. The van der Waals surface area contributed by atoms with Crippen LogP contribution in [0.1, 0.15) is 23.6 Å². The Morgan fingerprint density at radius 2 is 1.86 bits per heavy atom. The second kappa shape index (κ2) is 12.2. The Morgan fingerprint density at radius 3 is 2.67 bits per heavy atom. The Labute approximate surface area is 265 Å². The first kappa shape index (κ1) is 29.0. The molecule has 0 N–H and O–H groups in total. The number of nitrogens with zero attached hydrogens (tertiary/aromatic N) is 3. The summed E-state index contributed by atoms with van der Waals surface area (Å²) in [4.78, 5) is 18.4. The molecule has 43 heavy (non-hydrogen) atoms. The Bertz CT molecular complexity index is 2090. The highest BCUT2D eigenvalue weighted by atomic mass is 79.9. The summed E-state index contributed by atoms with van der Waals surface area (Å²) in [5.41, 5.74) is 3.47. The Kier molecular flexibility index (Phi) is 8.25. The van der Waals surface area contributed by atoms with Crippen LogP contribution in [0.15, 0.2) is 97.6 Å². The van der Waals surface area contributed by atoms with Crippen molar-refractivity contribution in [3.63, 3.8) is 0 Å². The zero-order valence-electron chi connectivity index (χ0n) is 23.1. The molecule has 0 atom stereocenters. The minimum Gasteiger partial charge on any atom is -0.490 e. The van der Waals surface area contributed by atoms with Gasteiger partial charge in [0.2, 0.25) is 5.82 Å². The van der Waals surface area contributed by atoms with E-state index in [2.05, 4.69) is 21.0 Å². The Hall–Kier alpha value is -4.11. The fourth-order valence-corrected chi connectivity index (χ4v) is 5.52. The molecule has 0 spiro atoms. The van der Waals surface area contributed by atoms with Crippen LogP contribution >= 0.6 is 39.1 Å². The maximum atomic E-state index is 13.7. The first-order valence-electron chi connectivity index (χ1n) is 13.4. The quantitative estimate of drug-likeness (QED) is 0.150. The van der Waals surface area contributed by atoms with E-state index >= 15 is 0 Å². The molecule has 7 nitrogen and oxygen atoms in total. The molecule has 0 aliphatic carbocycles. The molecular formula is C33H24BrCl2N3O4. The lowest BCUT2D eigenvalue weighted by molar-refractivity contribution is 0.269. The van der Waals surface area contributed by atoms with E-state index in [9.17, 15) is 4.79 Å². The van der Waals surface area contributed by atoms with Crippen molar-refractivity contribution in [2.24, 2.45) is 5.10 Å². The van der Waals surface area contributed by atoms with Gasteiger partial charge in [0.25, 0.3) is 5.56 Å². The van der Waals surface area contributed by atoms with Gasteiger partial charge in [-0.1, -0.05) is 65.2 Å². The van der Waals surface area contributed by atoms with Crippen molar-refractivity contribution in [2.75, 3.05) is 6.61 Å². The monoisotopic (exact) mass is 675 g/mol. The molecule has 10 heteroatoms. The van der Waals surface area contributed by atoms with E-state index in [-0.39, 0.29) is 11.4 Å². The van der Waals surface area contributed by atoms with Gasteiger partial charge in [0.05, 0.1) is 23.7 Å². The van der Waals surface area contributed by atoms with Gasteiger partial charge in [0.15, 0.2) is 17.3 Å². The van der Waals surface area contributed by atoms with Crippen molar-refractivity contribution >= 4 is 67.2 Å².